The van der Waals surface area contributed by atoms with Gasteiger partial charge in [0.15, 0.2) is 6.29 Å². The normalized spacial score (nSPS) is 14.1. The molecular formula is C11H24O2. The summed E-state index contributed by atoms with van der Waals surface area (Å²) in [6.07, 6.45) is 2.41. The Labute approximate surface area is 82.6 Å². The van der Waals surface area contributed by atoms with Gasteiger partial charge in [0.2, 0.25) is 0 Å². The fourth-order valence-electron chi connectivity index (χ4n) is 1.12. The highest BCUT2D eigenvalue weighted by Gasteiger charge is 2.09. The maximum absolute atomic E-state index is 5.68. The quantitative estimate of drug-likeness (QED) is 0.571. The summed E-state index contributed by atoms with van der Waals surface area (Å²) in [5.74, 6) is 0.577. The summed E-state index contributed by atoms with van der Waals surface area (Å²) in [5, 5.41) is 0. The highest BCUT2D eigenvalue weighted by atomic mass is 16.7. The van der Waals surface area contributed by atoms with E-state index in [1.165, 1.54) is 0 Å². The first kappa shape index (κ1) is 12.9. The average Bonchev–Trinajstić information content (AvgIpc) is 2.10. The number of hydrogen-bond acceptors (Lipinski definition) is 2. The zero-order valence-corrected chi connectivity index (χ0v) is 9.67. The maximum atomic E-state index is 5.68. The SMILES string of the molecule is CCC(CC)OC(C)OCC(C)C. The predicted molar refractivity (Wildman–Crippen MR) is 55.7 cm³/mol. The second kappa shape index (κ2) is 7.34. The van der Waals surface area contributed by atoms with Gasteiger partial charge in [0.25, 0.3) is 0 Å². The molecule has 80 valence electrons. The number of rotatable bonds is 7. The van der Waals surface area contributed by atoms with Crippen molar-refractivity contribution < 1.29 is 9.47 Å². The van der Waals surface area contributed by atoms with Crippen LogP contribution in [0.3, 0.4) is 0 Å². The zero-order valence-electron chi connectivity index (χ0n) is 9.67. The molecule has 0 aliphatic rings. The van der Waals surface area contributed by atoms with Crippen LogP contribution in [0.5, 0.6) is 0 Å². The smallest absolute Gasteiger partial charge is 0.155 e. The molecule has 2 heteroatoms. The second-order valence-corrected chi connectivity index (χ2v) is 3.87. The Balaban J connectivity index is 3.53. The molecule has 0 aliphatic heterocycles. The van der Waals surface area contributed by atoms with Crippen LogP contribution >= 0.6 is 0 Å². The monoisotopic (exact) mass is 188 g/mol. The molecule has 0 saturated carbocycles. The van der Waals surface area contributed by atoms with Crippen molar-refractivity contribution in [2.45, 2.75) is 59.9 Å². The third-order valence-corrected chi connectivity index (χ3v) is 1.96. The maximum Gasteiger partial charge on any atom is 0.155 e. The van der Waals surface area contributed by atoms with Crippen molar-refractivity contribution in [1.29, 1.82) is 0 Å². The highest BCUT2D eigenvalue weighted by molar-refractivity contribution is 4.52. The summed E-state index contributed by atoms with van der Waals surface area (Å²) >= 11 is 0. The first-order chi connectivity index (χ1) is 6.10. The van der Waals surface area contributed by atoms with Gasteiger partial charge in [-0.1, -0.05) is 27.7 Å². The molecule has 0 aromatic heterocycles. The van der Waals surface area contributed by atoms with Crippen molar-refractivity contribution in [3.8, 4) is 0 Å². The van der Waals surface area contributed by atoms with E-state index < -0.39 is 0 Å². The summed E-state index contributed by atoms with van der Waals surface area (Å²) in [6, 6.07) is 0. The van der Waals surface area contributed by atoms with Crippen LogP contribution in [0.15, 0.2) is 0 Å². The molecule has 0 N–H and O–H groups in total. The van der Waals surface area contributed by atoms with Crippen LogP contribution in [-0.4, -0.2) is 19.0 Å². The molecule has 0 bridgehead atoms. The molecule has 0 saturated heterocycles. The largest absolute Gasteiger partial charge is 0.353 e. The van der Waals surface area contributed by atoms with Crippen molar-refractivity contribution in [3.05, 3.63) is 0 Å². The Morgan fingerprint density at radius 3 is 1.92 bits per heavy atom. The summed E-state index contributed by atoms with van der Waals surface area (Å²) in [6.45, 7) is 11.3. The molecule has 0 aromatic rings. The highest BCUT2D eigenvalue weighted by Crippen LogP contribution is 2.08. The minimum absolute atomic E-state index is 0.0627. The van der Waals surface area contributed by atoms with Gasteiger partial charge in [-0.05, 0) is 25.7 Å². The van der Waals surface area contributed by atoms with Crippen molar-refractivity contribution in [3.63, 3.8) is 0 Å². The lowest BCUT2D eigenvalue weighted by molar-refractivity contribution is -0.165. The summed E-state index contributed by atoms with van der Waals surface area (Å²) in [4.78, 5) is 0. The Morgan fingerprint density at radius 2 is 1.54 bits per heavy atom. The molecule has 0 spiro atoms. The fourth-order valence-corrected chi connectivity index (χ4v) is 1.12. The average molecular weight is 188 g/mol. The van der Waals surface area contributed by atoms with Crippen molar-refractivity contribution in [2.75, 3.05) is 6.61 Å². The van der Waals surface area contributed by atoms with Gasteiger partial charge in [-0.2, -0.15) is 0 Å². The molecule has 0 aliphatic carbocycles. The third-order valence-electron chi connectivity index (χ3n) is 1.96. The first-order valence-corrected chi connectivity index (χ1v) is 5.37. The fraction of sp³-hybridized carbons (Fsp3) is 1.00. The number of ether oxygens (including phenoxy) is 2. The van der Waals surface area contributed by atoms with Gasteiger partial charge in [-0.25, -0.2) is 0 Å². The lowest BCUT2D eigenvalue weighted by Gasteiger charge is -2.21. The molecule has 1 atom stereocenters. The summed E-state index contributed by atoms with van der Waals surface area (Å²) < 4.78 is 11.2. The van der Waals surface area contributed by atoms with Crippen LogP contribution < -0.4 is 0 Å². The molecule has 1 unspecified atom stereocenters. The van der Waals surface area contributed by atoms with E-state index >= 15 is 0 Å². The van der Waals surface area contributed by atoms with E-state index in [2.05, 4.69) is 27.7 Å². The molecular weight excluding hydrogens is 164 g/mol. The van der Waals surface area contributed by atoms with Gasteiger partial charge < -0.3 is 9.47 Å². The zero-order chi connectivity index (χ0) is 10.3. The van der Waals surface area contributed by atoms with E-state index in [0.29, 0.717) is 12.0 Å². The Morgan fingerprint density at radius 1 is 1.00 bits per heavy atom. The van der Waals surface area contributed by atoms with E-state index in [0.717, 1.165) is 19.4 Å². The van der Waals surface area contributed by atoms with E-state index in [9.17, 15) is 0 Å². The predicted octanol–water partition coefficient (Wildman–Crippen LogP) is 3.21. The standard InChI is InChI=1S/C11H24O2/c1-6-11(7-2)13-10(5)12-8-9(3)4/h9-11H,6-8H2,1-5H3. The molecule has 0 radical (unpaired) electrons. The minimum Gasteiger partial charge on any atom is -0.353 e. The van der Waals surface area contributed by atoms with E-state index in [4.69, 9.17) is 9.47 Å². The van der Waals surface area contributed by atoms with Crippen LogP contribution in [0.1, 0.15) is 47.5 Å². The summed E-state index contributed by atoms with van der Waals surface area (Å²) in [7, 11) is 0. The van der Waals surface area contributed by atoms with Crippen molar-refractivity contribution in [1.82, 2.24) is 0 Å². The van der Waals surface area contributed by atoms with Crippen molar-refractivity contribution in [2.24, 2.45) is 5.92 Å². The van der Waals surface area contributed by atoms with E-state index in [1.807, 2.05) is 6.92 Å². The molecule has 0 amide bonds. The lowest BCUT2D eigenvalue weighted by Crippen LogP contribution is -2.22. The number of hydrogen-bond donors (Lipinski definition) is 0. The van der Waals surface area contributed by atoms with Crippen LogP contribution in [0.2, 0.25) is 0 Å². The van der Waals surface area contributed by atoms with Crippen LogP contribution in [0, 0.1) is 5.92 Å². The topological polar surface area (TPSA) is 18.5 Å². The van der Waals surface area contributed by atoms with Crippen LogP contribution in [-0.2, 0) is 9.47 Å². The Bertz CT molecular complexity index is 109. The van der Waals surface area contributed by atoms with Crippen LogP contribution in [0.4, 0.5) is 0 Å². The Kier molecular flexibility index (Phi) is 7.29. The molecule has 0 fully saturated rings. The third kappa shape index (κ3) is 7.03. The van der Waals surface area contributed by atoms with Crippen molar-refractivity contribution >= 4 is 0 Å². The van der Waals surface area contributed by atoms with Gasteiger partial charge in [0.1, 0.15) is 0 Å². The van der Waals surface area contributed by atoms with Crippen LogP contribution in [0.25, 0.3) is 0 Å². The van der Waals surface area contributed by atoms with Gasteiger partial charge in [-0.3, -0.25) is 0 Å². The van der Waals surface area contributed by atoms with E-state index in [-0.39, 0.29) is 6.29 Å². The van der Waals surface area contributed by atoms with Gasteiger partial charge in [-0.15, -0.1) is 0 Å². The molecule has 0 rings (SSSR count). The minimum atomic E-state index is -0.0627. The lowest BCUT2D eigenvalue weighted by atomic mass is 10.2. The van der Waals surface area contributed by atoms with Gasteiger partial charge >= 0.3 is 0 Å². The Hall–Kier alpha value is -0.0800. The van der Waals surface area contributed by atoms with Gasteiger partial charge in [0, 0.05) is 0 Å². The molecule has 0 heterocycles. The summed E-state index contributed by atoms with van der Waals surface area (Å²) in [5.41, 5.74) is 0. The molecule has 2 nitrogen and oxygen atoms in total. The second-order valence-electron chi connectivity index (χ2n) is 3.87. The van der Waals surface area contributed by atoms with E-state index in [1.54, 1.807) is 0 Å². The van der Waals surface area contributed by atoms with Gasteiger partial charge in [0.05, 0.1) is 12.7 Å². The first-order valence-electron chi connectivity index (χ1n) is 5.37. The molecule has 13 heavy (non-hydrogen) atoms. The molecule has 0 aromatic carbocycles.